The predicted molar refractivity (Wildman–Crippen MR) is 77.8 cm³/mol. The van der Waals surface area contributed by atoms with Crippen molar-refractivity contribution in [3.63, 3.8) is 0 Å². The standard InChI is InChI=1S/C15H22N4/c1-19(13-6-4-12(16)5-7-13)10-11-9-18-15-14(11)3-2-8-17-15/h2-3,8-9,12-13H,4-7,10,16H2,1H3,(H,17,18). The Morgan fingerprint density at radius 3 is 2.95 bits per heavy atom. The normalized spacial score (nSPS) is 24.2. The maximum Gasteiger partial charge on any atom is 0.137 e. The monoisotopic (exact) mass is 258 g/mol. The van der Waals surface area contributed by atoms with E-state index in [4.69, 9.17) is 5.73 Å². The van der Waals surface area contributed by atoms with Crippen molar-refractivity contribution < 1.29 is 0 Å². The summed E-state index contributed by atoms with van der Waals surface area (Å²) in [5, 5.41) is 1.24. The molecule has 2 aromatic heterocycles. The van der Waals surface area contributed by atoms with E-state index in [0.29, 0.717) is 12.1 Å². The third kappa shape index (κ3) is 2.65. The number of hydrogen-bond acceptors (Lipinski definition) is 3. The number of aromatic amines is 1. The van der Waals surface area contributed by atoms with Crippen LogP contribution in [-0.2, 0) is 6.54 Å². The molecular weight excluding hydrogens is 236 g/mol. The molecule has 0 aliphatic heterocycles. The zero-order valence-electron chi connectivity index (χ0n) is 11.5. The molecule has 1 aliphatic rings. The molecule has 102 valence electrons. The Kier molecular flexibility index (Phi) is 3.53. The lowest BCUT2D eigenvalue weighted by atomic mass is 9.91. The zero-order valence-corrected chi connectivity index (χ0v) is 11.5. The van der Waals surface area contributed by atoms with Gasteiger partial charge in [-0.15, -0.1) is 0 Å². The second kappa shape index (κ2) is 5.31. The minimum atomic E-state index is 0.418. The van der Waals surface area contributed by atoms with Crippen molar-refractivity contribution in [2.24, 2.45) is 5.73 Å². The summed E-state index contributed by atoms with van der Waals surface area (Å²) in [6.07, 6.45) is 8.67. The molecule has 0 bridgehead atoms. The van der Waals surface area contributed by atoms with Crippen LogP contribution in [0.3, 0.4) is 0 Å². The van der Waals surface area contributed by atoms with E-state index in [-0.39, 0.29) is 0 Å². The van der Waals surface area contributed by atoms with E-state index < -0.39 is 0 Å². The van der Waals surface area contributed by atoms with Crippen molar-refractivity contribution >= 4 is 11.0 Å². The van der Waals surface area contributed by atoms with E-state index >= 15 is 0 Å². The van der Waals surface area contributed by atoms with Crippen molar-refractivity contribution in [3.05, 3.63) is 30.1 Å². The lowest BCUT2D eigenvalue weighted by molar-refractivity contribution is 0.177. The second-order valence-corrected chi connectivity index (χ2v) is 5.70. The van der Waals surface area contributed by atoms with Crippen LogP contribution >= 0.6 is 0 Å². The second-order valence-electron chi connectivity index (χ2n) is 5.70. The average Bonchev–Trinajstić information content (AvgIpc) is 2.83. The van der Waals surface area contributed by atoms with Gasteiger partial charge in [0.05, 0.1) is 0 Å². The van der Waals surface area contributed by atoms with Gasteiger partial charge in [0.25, 0.3) is 0 Å². The van der Waals surface area contributed by atoms with Gasteiger partial charge in [-0.3, -0.25) is 4.90 Å². The van der Waals surface area contributed by atoms with Crippen molar-refractivity contribution in [3.8, 4) is 0 Å². The lowest BCUT2D eigenvalue weighted by Gasteiger charge is -2.33. The van der Waals surface area contributed by atoms with Crippen molar-refractivity contribution in [2.45, 2.75) is 44.3 Å². The van der Waals surface area contributed by atoms with Gasteiger partial charge >= 0.3 is 0 Å². The third-order valence-corrected chi connectivity index (χ3v) is 4.32. The first kappa shape index (κ1) is 12.6. The first-order valence-electron chi connectivity index (χ1n) is 7.11. The van der Waals surface area contributed by atoms with Gasteiger partial charge in [0.1, 0.15) is 5.65 Å². The van der Waals surface area contributed by atoms with Crippen molar-refractivity contribution in [1.29, 1.82) is 0 Å². The molecule has 2 heterocycles. The summed E-state index contributed by atoms with van der Waals surface area (Å²) >= 11 is 0. The molecule has 0 radical (unpaired) electrons. The maximum atomic E-state index is 5.98. The number of nitrogens with zero attached hydrogens (tertiary/aromatic N) is 2. The van der Waals surface area contributed by atoms with Crippen LogP contribution in [0.4, 0.5) is 0 Å². The fourth-order valence-corrected chi connectivity index (χ4v) is 3.08. The number of nitrogens with one attached hydrogen (secondary N) is 1. The summed E-state index contributed by atoms with van der Waals surface area (Å²) in [6, 6.07) is 5.22. The minimum absolute atomic E-state index is 0.418. The highest BCUT2D eigenvalue weighted by atomic mass is 15.1. The minimum Gasteiger partial charge on any atom is -0.346 e. The van der Waals surface area contributed by atoms with Gasteiger partial charge in [-0.25, -0.2) is 4.98 Å². The van der Waals surface area contributed by atoms with Crippen LogP contribution < -0.4 is 5.73 Å². The van der Waals surface area contributed by atoms with E-state index in [1.807, 2.05) is 12.3 Å². The van der Waals surface area contributed by atoms with E-state index in [9.17, 15) is 0 Å². The highest BCUT2D eigenvalue weighted by Crippen LogP contribution is 2.24. The first-order valence-corrected chi connectivity index (χ1v) is 7.11. The average molecular weight is 258 g/mol. The quantitative estimate of drug-likeness (QED) is 0.888. The number of fused-ring (bicyclic) bond motifs is 1. The summed E-state index contributed by atoms with van der Waals surface area (Å²) in [4.78, 5) is 10.0. The van der Waals surface area contributed by atoms with Crippen LogP contribution in [0.25, 0.3) is 11.0 Å². The van der Waals surface area contributed by atoms with Gasteiger partial charge in [0.2, 0.25) is 0 Å². The number of H-pyrrole nitrogens is 1. The van der Waals surface area contributed by atoms with Crippen molar-refractivity contribution in [2.75, 3.05) is 7.05 Å². The summed E-state index contributed by atoms with van der Waals surface area (Å²) in [5.41, 5.74) is 8.29. The summed E-state index contributed by atoms with van der Waals surface area (Å²) < 4.78 is 0. The van der Waals surface area contributed by atoms with Gasteiger partial charge in [-0.05, 0) is 50.4 Å². The molecule has 1 saturated carbocycles. The zero-order chi connectivity index (χ0) is 13.2. The van der Waals surface area contributed by atoms with Gasteiger partial charge in [0, 0.05) is 36.4 Å². The number of aromatic nitrogens is 2. The molecule has 1 fully saturated rings. The fraction of sp³-hybridized carbons (Fsp3) is 0.533. The van der Waals surface area contributed by atoms with Crippen LogP contribution in [-0.4, -0.2) is 34.0 Å². The van der Waals surface area contributed by atoms with Gasteiger partial charge in [-0.2, -0.15) is 0 Å². The number of hydrogen-bond donors (Lipinski definition) is 2. The fourth-order valence-electron chi connectivity index (χ4n) is 3.08. The van der Waals surface area contributed by atoms with Crippen molar-refractivity contribution in [1.82, 2.24) is 14.9 Å². The molecule has 3 rings (SSSR count). The predicted octanol–water partition coefficient (Wildman–Crippen LogP) is 2.26. The Labute approximate surface area is 114 Å². The molecule has 1 aliphatic carbocycles. The molecule has 0 amide bonds. The number of pyridine rings is 1. The Morgan fingerprint density at radius 1 is 1.37 bits per heavy atom. The molecule has 4 nitrogen and oxygen atoms in total. The number of nitrogens with two attached hydrogens (primary N) is 1. The highest BCUT2D eigenvalue weighted by molar-refractivity contribution is 5.79. The van der Waals surface area contributed by atoms with E-state index in [1.54, 1.807) is 0 Å². The molecule has 0 saturated heterocycles. The van der Waals surface area contributed by atoms with Crippen LogP contribution in [0.15, 0.2) is 24.5 Å². The SMILES string of the molecule is CN(Cc1c[nH]c2ncccc12)C1CCC(N)CC1. The van der Waals surface area contributed by atoms with E-state index in [2.05, 4.69) is 34.2 Å². The van der Waals surface area contributed by atoms with E-state index in [0.717, 1.165) is 25.0 Å². The Bertz CT molecular complexity index is 540. The first-order chi connectivity index (χ1) is 9.24. The van der Waals surface area contributed by atoms with Gasteiger partial charge in [-0.1, -0.05) is 0 Å². The van der Waals surface area contributed by atoms with Crippen LogP contribution in [0.1, 0.15) is 31.2 Å². The smallest absolute Gasteiger partial charge is 0.137 e. The third-order valence-electron chi connectivity index (χ3n) is 4.32. The lowest BCUT2D eigenvalue weighted by Crippen LogP contribution is -2.38. The molecular formula is C15H22N4. The Hall–Kier alpha value is -1.39. The molecule has 2 aromatic rings. The molecule has 19 heavy (non-hydrogen) atoms. The van der Waals surface area contributed by atoms with Gasteiger partial charge in [0.15, 0.2) is 0 Å². The van der Waals surface area contributed by atoms with Crippen LogP contribution in [0.2, 0.25) is 0 Å². The molecule has 0 atom stereocenters. The maximum absolute atomic E-state index is 5.98. The van der Waals surface area contributed by atoms with Crippen LogP contribution in [0.5, 0.6) is 0 Å². The summed E-state index contributed by atoms with van der Waals surface area (Å²) in [5.74, 6) is 0. The van der Waals surface area contributed by atoms with E-state index in [1.165, 1.54) is 23.8 Å². The molecule has 4 heteroatoms. The molecule has 3 N–H and O–H groups in total. The largest absolute Gasteiger partial charge is 0.346 e. The van der Waals surface area contributed by atoms with Gasteiger partial charge < -0.3 is 10.7 Å². The molecule has 0 unspecified atom stereocenters. The Morgan fingerprint density at radius 2 is 2.16 bits per heavy atom. The highest BCUT2D eigenvalue weighted by Gasteiger charge is 2.22. The summed E-state index contributed by atoms with van der Waals surface area (Å²) in [6.45, 7) is 0.978. The summed E-state index contributed by atoms with van der Waals surface area (Å²) in [7, 11) is 2.22. The number of rotatable bonds is 3. The Balaban J connectivity index is 1.70. The molecule has 0 aromatic carbocycles. The van der Waals surface area contributed by atoms with Crippen LogP contribution in [0, 0.1) is 0 Å². The molecule has 0 spiro atoms. The topological polar surface area (TPSA) is 57.9 Å².